The number of benzene rings is 1. The first kappa shape index (κ1) is 18.5. The van der Waals surface area contributed by atoms with Gasteiger partial charge in [-0.25, -0.2) is 0 Å². The molecule has 0 radical (unpaired) electrons. The number of rotatable bonds is 10. The molecule has 0 aromatic heterocycles. The summed E-state index contributed by atoms with van der Waals surface area (Å²) in [6.07, 6.45) is 5.09. The fourth-order valence-corrected chi connectivity index (χ4v) is 2.04. The SMILES string of the molecule is CCCCCCOC(=O)CCCC(=O)Oc1ccccc1Cl. The molecule has 1 aromatic rings. The van der Waals surface area contributed by atoms with Gasteiger partial charge >= 0.3 is 11.9 Å². The zero-order valence-electron chi connectivity index (χ0n) is 13.0. The van der Waals surface area contributed by atoms with E-state index in [4.69, 9.17) is 21.1 Å². The highest BCUT2D eigenvalue weighted by molar-refractivity contribution is 6.32. The molecular weight excluding hydrogens is 304 g/mol. The van der Waals surface area contributed by atoms with Gasteiger partial charge in [-0.3, -0.25) is 9.59 Å². The molecule has 0 aliphatic heterocycles. The number of para-hydroxylation sites is 1. The van der Waals surface area contributed by atoms with Crippen LogP contribution in [0, 0.1) is 0 Å². The van der Waals surface area contributed by atoms with Crippen LogP contribution in [-0.2, 0) is 14.3 Å². The number of halogens is 1. The predicted molar refractivity (Wildman–Crippen MR) is 86.0 cm³/mol. The van der Waals surface area contributed by atoms with Gasteiger partial charge in [0.1, 0.15) is 5.75 Å². The number of carbonyl (C=O) groups is 2. The van der Waals surface area contributed by atoms with Crippen LogP contribution in [0.2, 0.25) is 5.02 Å². The van der Waals surface area contributed by atoms with E-state index < -0.39 is 5.97 Å². The van der Waals surface area contributed by atoms with Gasteiger partial charge in [-0.1, -0.05) is 49.9 Å². The van der Waals surface area contributed by atoms with Crippen molar-refractivity contribution >= 4 is 23.5 Å². The van der Waals surface area contributed by atoms with E-state index in [0.717, 1.165) is 25.7 Å². The summed E-state index contributed by atoms with van der Waals surface area (Å²) in [7, 11) is 0. The number of carbonyl (C=O) groups excluding carboxylic acids is 2. The van der Waals surface area contributed by atoms with Crippen molar-refractivity contribution < 1.29 is 19.1 Å². The molecule has 0 spiro atoms. The van der Waals surface area contributed by atoms with Crippen molar-refractivity contribution in [1.29, 1.82) is 0 Å². The van der Waals surface area contributed by atoms with Crippen molar-refractivity contribution in [2.24, 2.45) is 0 Å². The summed E-state index contributed by atoms with van der Waals surface area (Å²) in [4.78, 5) is 23.1. The van der Waals surface area contributed by atoms with E-state index in [1.165, 1.54) is 0 Å². The first-order chi connectivity index (χ1) is 10.6. The first-order valence-electron chi connectivity index (χ1n) is 7.74. The van der Waals surface area contributed by atoms with E-state index in [1.54, 1.807) is 24.3 Å². The zero-order chi connectivity index (χ0) is 16.2. The number of ether oxygens (including phenoxy) is 2. The maximum atomic E-state index is 11.6. The molecule has 0 heterocycles. The molecule has 5 heteroatoms. The normalized spacial score (nSPS) is 10.3. The van der Waals surface area contributed by atoms with Crippen molar-refractivity contribution in [1.82, 2.24) is 0 Å². The Morgan fingerprint density at radius 1 is 1.00 bits per heavy atom. The van der Waals surface area contributed by atoms with E-state index in [9.17, 15) is 9.59 Å². The van der Waals surface area contributed by atoms with Crippen LogP contribution in [0.4, 0.5) is 0 Å². The maximum absolute atomic E-state index is 11.6. The van der Waals surface area contributed by atoms with Gasteiger partial charge in [-0.2, -0.15) is 0 Å². The van der Waals surface area contributed by atoms with E-state index in [2.05, 4.69) is 6.92 Å². The molecule has 0 aliphatic carbocycles. The lowest BCUT2D eigenvalue weighted by Crippen LogP contribution is -2.10. The van der Waals surface area contributed by atoms with Crippen molar-refractivity contribution in [3.63, 3.8) is 0 Å². The van der Waals surface area contributed by atoms with Gasteiger partial charge in [0, 0.05) is 12.8 Å². The third kappa shape index (κ3) is 8.03. The summed E-state index contributed by atoms with van der Waals surface area (Å²) in [5, 5.41) is 0.391. The van der Waals surface area contributed by atoms with E-state index in [1.807, 2.05) is 0 Å². The highest BCUT2D eigenvalue weighted by Crippen LogP contribution is 2.23. The topological polar surface area (TPSA) is 52.6 Å². The Kier molecular flexibility index (Phi) is 9.31. The monoisotopic (exact) mass is 326 g/mol. The number of esters is 2. The van der Waals surface area contributed by atoms with Crippen molar-refractivity contribution in [3.8, 4) is 5.75 Å². The standard InChI is InChI=1S/C17H23ClO4/c1-2-3-4-7-13-21-16(19)11-8-12-17(20)22-15-10-6-5-9-14(15)18/h5-6,9-10H,2-4,7-8,11-13H2,1H3. The smallest absolute Gasteiger partial charge is 0.311 e. The van der Waals surface area contributed by atoms with Crippen LogP contribution in [0.1, 0.15) is 51.9 Å². The van der Waals surface area contributed by atoms with E-state index in [0.29, 0.717) is 23.8 Å². The van der Waals surface area contributed by atoms with Crippen LogP contribution in [0.5, 0.6) is 5.75 Å². The molecule has 0 aliphatic rings. The molecule has 0 amide bonds. The number of hydrogen-bond donors (Lipinski definition) is 0. The molecule has 1 aromatic carbocycles. The first-order valence-corrected chi connectivity index (χ1v) is 8.12. The Morgan fingerprint density at radius 2 is 1.73 bits per heavy atom. The zero-order valence-corrected chi connectivity index (χ0v) is 13.7. The van der Waals surface area contributed by atoms with Gasteiger partial charge in [0.25, 0.3) is 0 Å². The van der Waals surface area contributed by atoms with Crippen LogP contribution < -0.4 is 4.74 Å². The summed E-state index contributed by atoms with van der Waals surface area (Å²) in [5.74, 6) is -0.321. The Labute approximate surface area is 136 Å². The van der Waals surface area contributed by atoms with Gasteiger partial charge < -0.3 is 9.47 Å². The van der Waals surface area contributed by atoms with Gasteiger partial charge in [0.2, 0.25) is 0 Å². The lowest BCUT2D eigenvalue weighted by Gasteiger charge is -2.06. The fraction of sp³-hybridized carbons (Fsp3) is 0.529. The summed E-state index contributed by atoms with van der Waals surface area (Å²) in [6.45, 7) is 2.59. The summed E-state index contributed by atoms with van der Waals surface area (Å²) in [6, 6.07) is 6.78. The van der Waals surface area contributed by atoms with Crippen LogP contribution in [0.3, 0.4) is 0 Å². The minimum Gasteiger partial charge on any atom is -0.466 e. The third-order valence-electron chi connectivity index (χ3n) is 3.08. The lowest BCUT2D eigenvalue weighted by molar-refractivity contribution is -0.144. The Bertz CT molecular complexity index is 473. The van der Waals surface area contributed by atoms with Gasteiger partial charge in [-0.15, -0.1) is 0 Å². The molecule has 0 saturated heterocycles. The summed E-state index contributed by atoms with van der Waals surface area (Å²) < 4.78 is 10.2. The van der Waals surface area contributed by atoms with Crippen molar-refractivity contribution in [2.75, 3.05) is 6.61 Å². The molecule has 0 N–H and O–H groups in total. The van der Waals surface area contributed by atoms with Crippen LogP contribution in [0.25, 0.3) is 0 Å². The highest BCUT2D eigenvalue weighted by atomic mass is 35.5. The lowest BCUT2D eigenvalue weighted by atomic mass is 10.2. The Balaban J connectivity index is 2.12. The average Bonchev–Trinajstić information content (AvgIpc) is 2.49. The third-order valence-corrected chi connectivity index (χ3v) is 3.40. The van der Waals surface area contributed by atoms with E-state index in [-0.39, 0.29) is 18.8 Å². The van der Waals surface area contributed by atoms with Crippen molar-refractivity contribution in [3.05, 3.63) is 29.3 Å². The molecule has 22 heavy (non-hydrogen) atoms. The minimum absolute atomic E-state index is 0.163. The second kappa shape index (κ2) is 11.1. The maximum Gasteiger partial charge on any atom is 0.311 e. The molecule has 122 valence electrons. The van der Waals surface area contributed by atoms with Gasteiger partial charge in [0.05, 0.1) is 11.6 Å². The molecule has 4 nitrogen and oxygen atoms in total. The molecule has 0 fully saturated rings. The van der Waals surface area contributed by atoms with Crippen molar-refractivity contribution in [2.45, 2.75) is 51.9 Å². The number of unbranched alkanes of at least 4 members (excludes halogenated alkanes) is 3. The minimum atomic E-state index is -0.399. The molecule has 1 rings (SSSR count). The van der Waals surface area contributed by atoms with Gasteiger partial charge in [-0.05, 0) is 25.0 Å². The number of hydrogen-bond acceptors (Lipinski definition) is 4. The fourth-order valence-electron chi connectivity index (χ4n) is 1.87. The summed E-state index contributed by atoms with van der Waals surface area (Å²) in [5.41, 5.74) is 0. The average molecular weight is 327 g/mol. The quantitative estimate of drug-likeness (QED) is 0.360. The molecule has 0 saturated carbocycles. The van der Waals surface area contributed by atoms with Gasteiger partial charge in [0.15, 0.2) is 0 Å². The highest BCUT2D eigenvalue weighted by Gasteiger charge is 2.09. The largest absolute Gasteiger partial charge is 0.466 e. The Morgan fingerprint density at radius 3 is 2.45 bits per heavy atom. The summed E-state index contributed by atoms with van der Waals surface area (Å²) >= 11 is 5.89. The van der Waals surface area contributed by atoms with Crippen LogP contribution in [-0.4, -0.2) is 18.5 Å². The molecule has 0 bridgehead atoms. The Hall–Kier alpha value is -1.55. The molecular formula is C17H23ClO4. The van der Waals surface area contributed by atoms with E-state index >= 15 is 0 Å². The second-order valence-electron chi connectivity index (χ2n) is 5.04. The van der Waals surface area contributed by atoms with Crippen LogP contribution in [0.15, 0.2) is 24.3 Å². The molecule has 0 atom stereocenters. The predicted octanol–water partition coefficient (Wildman–Crippen LogP) is 4.54. The second-order valence-corrected chi connectivity index (χ2v) is 5.45. The van der Waals surface area contributed by atoms with Crippen LogP contribution >= 0.6 is 11.6 Å². The molecule has 0 unspecified atom stereocenters.